The molecule has 102 valence electrons. The molecule has 3 rings (SSSR count). The van der Waals surface area contributed by atoms with Gasteiger partial charge in [-0.1, -0.05) is 11.8 Å². The number of aromatic nitrogens is 3. The highest BCUT2D eigenvalue weighted by Crippen LogP contribution is 2.38. The van der Waals surface area contributed by atoms with Gasteiger partial charge in [0.2, 0.25) is 11.1 Å². The first kappa shape index (κ1) is 13.1. The number of thiophene rings is 1. The minimum atomic E-state index is -0.160. The van der Waals surface area contributed by atoms with Crippen LogP contribution in [0.3, 0.4) is 0 Å². The minimum absolute atomic E-state index is 0.160. The number of anilines is 1. The molecule has 0 spiro atoms. The number of nitriles is 1. The molecule has 2 heterocycles. The summed E-state index contributed by atoms with van der Waals surface area (Å²) in [4.78, 5) is 16.1. The predicted octanol–water partition coefficient (Wildman–Crippen LogP) is 2.35. The number of carbonyl (C=O) groups excluding carboxylic acids is 1. The molecule has 0 unspecified atom stereocenters. The second-order valence-electron chi connectivity index (χ2n) is 4.39. The Labute approximate surface area is 123 Å². The molecular weight excluding hydrogens is 294 g/mol. The summed E-state index contributed by atoms with van der Waals surface area (Å²) in [6, 6.07) is 3.72. The number of nitrogens with zero attached hydrogens (tertiary/aromatic N) is 3. The third-order valence-corrected chi connectivity index (χ3v) is 4.49. The summed E-state index contributed by atoms with van der Waals surface area (Å²) in [6.45, 7) is 0. The number of carbonyl (C=O) groups is 1. The number of thioether (sulfide) groups is 1. The molecule has 0 saturated heterocycles. The van der Waals surface area contributed by atoms with Crippen molar-refractivity contribution < 1.29 is 4.79 Å². The molecule has 1 saturated carbocycles. The van der Waals surface area contributed by atoms with E-state index in [2.05, 4.69) is 20.5 Å². The third-order valence-electron chi connectivity index (χ3n) is 2.82. The van der Waals surface area contributed by atoms with E-state index in [1.165, 1.54) is 23.1 Å². The maximum Gasteiger partial charge on any atom is 0.235 e. The normalized spacial score (nSPS) is 13.9. The molecule has 20 heavy (non-hydrogen) atoms. The van der Waals surface area contributed by atoms with E-state index in [1.807, 2.05) is 6.07 Å². The van der Waals surface area contributed by atoms with Crippen LogP contribution in [0, 0.1) is 11.3 Å². The fraction of sp³-hybridized carbons (Fsp3) is 0.333. The van der Waals surface area contributed by atoms with Gasteiger partial charge >= 0.3 is 0 Å². The monoisotopic (exact) mass is 305 g/mol. The quantitative estimate of drug-likeness (QED) is 0.827. The Hall–Kier alpha value is -1.85. The minimum Gasteiger partial charge on any atom is -0.316 e. The number of nitrogens with one attached hydrogen (secondary N) is 2. The first-order valence-electron chi connectivity index (χ1n) is 6.09. The Morgan fingerprint density at radius 2 is 2.50 bits per heavy atom. The van der Waals surface area contributed by atoms with E-state index >= 15 is 0 Å². The molecule has 1 amide bonds. The zero-order valence-corrected chi connectivity index (χ0v) is 12.1. The van der Waals surface area contributed by atoms with Crippen molar-refractivity contribution in [1.29, 1.82) is 5.26 Å². The summed E-state index contributed by atoms with van der Waals surface area (Å²) >= 11 is 2.63. The van der Waals surface area contributed by atoms with Crippen molar-refractivity contribution in [3.05, 3.63) is 22.8 Å². The van der Waals surface area contributed by atoms with Gasteiger partial charge in [-0.05, 0) is 24.3 Å². The number of hydrogen-bond donors (Lipinski definition) is 2. The van der Waals surface area contributed by atoms with Gasteiger partial charge in [-0.3, -0.25) is 9.89 Å². The SMILES string of the molecule is N#Cc1ccsc1NC(=O)CSc1n[nH]c(C2CC2)n1. The van der Waals surface area contributed by atoms with Gasteiger partial charge in [0.05, 0.1) is 11.3 Å². The molecule has 0 bridgehead atoms. The number of amides is 1. The van der Waals surface area contributed by atoms with Gasteiger partial charge in [-0.15, -0.1) is 16.4 Å². The molecule has 2 aromatic heterocycles. The van der Waals surface area contributed by atoms with E-state index in [0.29, 0.717) is 21.6 Å². The highest BCUT2D eigenvalue weighted by atomic mass is 32.2. The molecule has 0 radical (unpaired) electrons. The molecule has 0 aliphatic heterocycles. The van der Waals surface area contributed by atoms with Crippen LogP contribution in [0.4, 0.5) is 5.00 Å². The van der Waals surface area contributed by atoms with E-state index in [1.54, 1.807) is 11.4 Å². The number of aromatic amines is 1. The van der Waals surface area contributed by atoms with Crippen molar-refractivity contribution in [2.45, 2.75) is 23.9 Å². The van der Waals surface area contributed by atoms with Crippen molar-refractivity contribution in [2.75, 3.05) is 11.1 Å². The molecule has 0 atom stereocenters. The molecule has 6 nitrogen and oxygen atoms in total. The van der Waals surface area contributed by atoms with Gasteiger partial charge in [-0.2, -0.15) is 5.26 Å². The fourth-order valence-electron chi connectivity index (χ4n) is 1.65. The van der Waals surface area contributed by atoms with Crippen LogP contribution < -0.4 is 5.32 Å². The zero-order valence-electron chi connectivity index (χ0n) is 10.4. The van der Waals surface area contributed by atoms with Crippen LogP contribution in [0.2, 0.25) is 0 Å². The molecule has 1 aliphatic rings. The number of hydrogen-bond acceptors (Lipinski definition) is 6. The van der Waals surface area contributed by atoms with E-state index in [-0.39, 0.29) is 11.7 Å². The first-order chi connectivity index (χ1) is 9.76. The van der Waals surface area contributed by atoms with Crippen LogP contribution in [0.15, 0.2) is 16.6 Å². The molecule has 1 fully saturated rings. The standard InChI is InChI=1S/C12H11N5OS2/c13-5-8-3-4-19-11(8)14-9(18)6-20-12-15-10(16-17-12)7-1-2-7/h3-4,7H,1-2,6H2,(H,14,18)(H,15,16,17). The summed E-state index contributed by atoms with van der Waals surface area (Å²) in [5.41, 5.74) is 0.488. The van der Waals surface area contributed by atoms with Crippen molar-refractivity contribution in [3.63, 3.8) is 0 Å². The lowest BCUT2D eigenvalue weighted by atomic mass is 10.3. The van der Waals surface area contributed by atoms with E-state index < -0.39 is 0 Å². The predicted molar refractivity (Wildman–Crippen MR) is 76.7 cm³/mol. The summed E-state index contributed by atoms with van der Waals surface area (Å²) in [7, 11) is 0. The van der Waals surface area contributed by atoms with Gasteiger partial charge in [0.1, 0.15) is 16.9 Å². The van der Waals surface area contributed by atoms with Crippen molar-refractivity contribution in [1.82, 2.24) is 15.2 Å². The number of rotatable bonds is 5. The summed E-state index contributed by atoms with van der Waals surface area (Å²) in [6.07, 6.45) is 2.32. The number of H-pyrrole nitrogens is 1. The first-order valence-corrected chi connectivity index (χ1v) is 7.95. The van der Waals surface area contributed by atoms with Crippen LogP contribution >= 0.6 is 23.1 Å². The fourth-order valence-corrected chi connectivity index (χ4v) is 3.01. The largest absolute Gasteiger partial charge is 0.316 e. The van der Waals surface area contributed by atoms with E-state index in [4.69, 9.17) is 5.26 Å². The zero-order chi connectivity index (χ0) is 13.9. The highest BCUT2D eigenvalue weighted by molar-refractivity contribution is 7.99. The molecule has 8 heteroatoms. The van der Waals surface area contributed by atoms with Crippen LogP contribution in [-0.4, -0.2) is 26.8 Å². The van der Waals surface area contributed by atoms with E-state index in [0.717, 1.165) is 18.7 Å². The lowest BCUT2D eigenvalue weighted by Crippen LogP contribution is -2.13. The maximum atomic E-state index is 11.8. The van der Waals surface area contributed by atoms with Crippen LogP contribution in [0.1, 0.15) is 30.1 Å². The lowest BCUT2D eigenvalue weighted by molar-refractivity contribution is -0.113. The molecule has 2 aromatic rings. The third kappa shape index (κ3) is 3.00. The molecule has 0 aromatic carbocycles. The van der Waals surface area contributed by atoms with Crippen LogP contribution in [0.5, 0.6) is 0 Å². The smallest absolute Gasteiger partial charge is 0.235 e. The summed E-state index contributed by atoms with van der Waals surface area (Å²) < 4.78 is 0. The Kier molecular flexibility index (Phi) is 3.71. The average molecular weight is 305 g/mol. The van der Waals surface area contributed by atoms with Gasteiger partial charge in [-0.25, -0.2) is 4.98 Å². The Morgan fingerprint density at radius 1 is 1.65 bits per heavy atom. The Morgan fingerprint density at radius 3 is 3.25 bits per heavy atom. The topological polar surface area (TPSA) is 94.5 Å². The maximum absolute atomic E-state index is 11.8. The molecular formula is C12H11N5OS2. The average Bonchev–Trinajstić information content (AvgIpc) is 3.02. The Balaban J connectivity index is 1.52. The molecule has 1 aliphatic carbocycles. The second kappa shape index (κ2) is 5.64. The molecule has 2 N–H and O–H groups in total. The summed E-state index contributed by atoms with van der Waals surface area (Å²) in [5.74, 6) is 1.50. The summed E-state index contributed by atoms with van der Waals surface area (Å²) in [5, 5.41) is 21.5. The van der Waals surface area contributed by atoms with Crippen LogP contribution in [-0.2, 0) is 4.79 Å². The van der Waals surface area contributed by atoms with Crippen molar-refractivity contribution in [2.24, 2.45) is 0 Å². The highest BCUT2D eigenvalue weighted by Gasteiger charge is 2.27. The van der Waals surface area contributed by atoms with Crippen LogP contribution in [0.25, 0.3) is 0 Å². The van der Waals surface area contributed by atoms with Gasteiger partial charge in [0, 0.05) is 5.92 Å². The van der Waals surface area contributed by atoms with Crippen molar-refractivity contribution in [3.8, 4) is 6.07 Å². The Bertz CT molecular complexity index is 667. The van der Waals surface area contributed by atoms with Crippen molar-refractivity contribution >= 4 is 34.0 Å². The van der Waals surface area contributed by atoms with Gasteiger partial charge in [0.15, 0.2) is 0 Å². The lowest BCUT2D eigenvalue weighted by Gasteiger charge is -2.01. The van der Waals surface area contributed by atoms with Gasteiger partial charge < -0.3 is 5.32 Å². The second-order valence-corrected chi connectivity index (χ2v) is 6.25. The van der Waals surface area contributed by atoms with Gasteiger partial charge in [0.25, 0.3) is 0 Å². The van der Waals surface area contributed by atoms with E-state index in [9.17, 15) is 4.79 Å².